The first-order valence-electron chi connectivity index (χ1n) is 10.1. The largest absolute Gasteiger partial charge is 0.368 e. The summed E-state index contributed by atoms with van der Waals surface area (Å²) in [4.78, 5) is 19.3. The van der Waals surface area contributed by atoms with Crippen LogP contribution < -0.4 is 0 Å². The molecule has 5 rings (SSSR count). The van der Waals surface area contributed by atoms with Crippen LogP contribution in [0.4, 0.5) is 0 Å². The molecule has 2 saturated heterocycles. The molecule has 2 aliphatic heterocycles. The van der Waals surface area contributed by atoms with E-state index >= 15 is 0 Å². The molecule has 1 amide bonds. The number of ether oxygens (including phenoxy) is 2. The van der Waals surface area contributed by atoms with Crippen molar-refractivity contribution in [2.24, 2.45) is 0 Å². The number of allylic oxidation sites excluding steroid dienone is 2. The Kier molecular flexibility index (Phi) is 4.99. The highest BCUT2D eigenvalue weighted by Crippen LogP contribution is 2.29. The average molecular weight is 393 g/mol. The van der Waals surface area contributed by atoms with E-state index in [9.17, 15) is 4.79 Å². The fourth-order valence-corrected chi connectivity index (χ4v) is 4.05. The van der Waals surface area contributed by atoms with Gasteiger partial charge in [0, 0.05) is 24.6 Å². The molecule has 0 bridgehead atoms. The van der Waals surface area contributed by atoms with Gasteiger partial charge in [0.1, 0.15) is 12.2 Å². The number of amides is 1. The lowest BCUT2D eigenvalue weighted by Crippen LogP contribution is -2.52. The van der Waals surface area contributed by atoms with Crippen molar-refractivity contribution in [2.75, 3.05) is 19.7 Å². The molecule has 3 heterocycles. The Bertz CT molecular complexity index is 915. The van der Waals surface area contributed by atoms with Crippen molar-refractivity contribution in [1.82, 2.24) is 15.0 Å². The van der Waals surface area contributed by atoms with Gasteiger partial charge < -0.3 is 18.9 Å². The van der Waals surface area contributed by atoms with Gasteiger partial charge in [0.2, 0.25) is 11.7 Å². The zero-order valence-corrected chi connectivity index (χ0v) is 16.0. The molecule has 0 radical (unpaired) electrons. The lowest BCUT2D eigenvalue weighted by molar-refractivity contribution is -0.177. The van der Waals surface area contributed by atoms with Crippen molar-refractivity contribution in [3.8, 4) is 11.4 Å². The predicted molar refractivity (Wildman–Crippen MR) is 105 cm³/mol. The molecule has 7 heteroatoms. The van der Waals surface area contributed by atoms with Crippen molar-refractivity contribution in [2.45, 2.75) is 37.1 Å². The van der Waals surface area contributed by atoms with Gasteiger partial charge in [-0.2, -0.15) is 4.98 Å². The van der Waals surface area contributed by atoms with E-state index in [0.717, 1.165) is 18.4 Å². The first kappa shape index (κ1) is 18.3. The topological polar surface area (TPSA) is 77.7 Å². The van der Waals surface area contributed by atoms with E-state index in [1.165, 1.54) is 0 Å². The summed E-state index contributed by atoms with van der Waals surface area (Å²) < 4.78 is 17.3. The van der Waals surface area contributed by atoms with Gasteiger partial charge in [-0.3, -0.25) is 4.79 Å². The van der Waals surface area contributed by atoms with E-state index < -0.39 is 6.10 Å². The van der Waals surface area contributed by atoms with Gasteiger partial charge >= 0.3 is 0 Å². The Morgan fingerprint density at radius 1 is 1.03 bits per heavy atom. The molecule has 2 aromatic rings. The molecule has 3 unspecified atom stereocenters. The normalized spacial score (nSPS) is 27.0. The molecule has 1 aliphatic carbocycles. The molecule has 29 heavy (non-hydrogen) atoms. The second-order valence-electron chi connectivity index (χ2n) is 7.58. The van der Waals surface area contributed by atoms with Crippen molar-refractivity contribution < 1.29 is 18.8 Å². The molecular formula is C22H23N3O4. The second-order valence-corrected chi connectivity index (χ2v) is 7.58. The molecule has 150 valence electrons. The van der Waals surface area contributed by atoms with Crippen molar-refractivity contribution in [3.05, 3.63) is 60.5 Å². The van der Waals surface area contributed by atoms with Crippen LogP contribution in [-0.2, 0) is 14.3 Å². The van der Waals surface area contributed by atoms with Crippen molar-refractivity contribution in [3.63, 3.8) is 0 Å². The van der Waals surface area contributed by atoms with Crippen LogP contribution in [-0.4, -0.2) is 59.0 Å². The monoisotopic (exact) mass is 393 g/mol. The summed E-state index contributed by atoms with van der Waals surface area (Å²) in [6, 6.07) is 9.79. The number of likely N-dealkylation sites (tertiary alicyclic amines) is 1. The number of rotatable bonds is 3. The smallest absolute Gasteiger partial charge is 0.254 e. The molecule has 7 nitrogen and oxygen atoms in total. The van der Waals surface area contributed by atoms with Gasteiger partial charge in [-0.1, -0.05) is 59.8 Å². The Labute approximate surface area is 169 Å². The average Bonchev–Trinajstić information content (AvgIpc) is 3.29. The molecule has 0 saturated carbocycles. The lowest BCUT2D eigenvalue weighted by atomic mass is 9.96. The molecule has 1 aromatic carbocycles. The van der Waals surface area contributed by atoms with Crippen LogP contribution in [0.1, 0.15) is 24.7 Å². The van der Waals surface area contributed by atoms with Gasteiger partial charge in [-0.05, 0) is 12.8 Å². The standard InChI is InChI=1S/C22H23N3O4/c26-22(19-14-27-17-8-4-5-9-18(17)28-19)25-12-10-16(11-13-25)21-23-20(24-29-21)15-6-2-1-3-7-15/h1-9,16-19H,10-14H2. The molecular weight excluding hydrogens is 370 g/mol. The number of nitrogens with zero attached hydrogens (tertiary/aromatic N) is 3. The quantitative estimate of drug-likeness (QED) is 0.798. The number of carbonyl (C=O) groups excluding carboxylic acids is 1. The summed E-state index contributed by atoms with van der Waals surface area (Å²) in [5.74, 6) is 1.43. The fourth-order valence-electron chi connectivity index (χ4n) is 4.05. The molecule has 3 atom stereocenters. The second kappa shape index (κ2) is 7.93. The maximum absolute atomic E-state index is 12.9. The Hall–Kier alpha value is -2.77. The van der Waals surface area contributed by atoms with Crippen molar-refractivity contribution in [1.29, 1.82) is 0 Å². The summed E-state index contributed by atoms with van der Waals surface area (Å²) in [6.07, 6.45) is 8.55. The molecule has 0 spiro atoms. The summed E-state index contributed by atoms with van der Waals surface area (Å²) in [5.41, 5.74) is 0.939. The number of piperidine rings is 1. The third-order valence-electron chi connectivity index (χ3n) is 5.70. The molecule has 3 aliphatic rings. The van der Waals surface area contributed by atoms with Crippen LogP contribution in [0.25, 0.3) is 11.4 Å². The minimum absolute atomic E-state index is 0.000330. The van der Waals surface area contributed by atoms with Gasteiger partial charge in [0.25, 0.3) is 5.91 Å². The third kappa shape index (κ3) is 3.75. The summed E-state index contributed by atoms with van der Waals surface area (Å²) >= 11 is 0. The Morgan fingerprint density at radius 3 is 2.59 bits per heavy atom. The number of hydrogen-bond acceptors (Lipinski definition) is 6. The molecule has 1 aromatic heterocycles. The maximum atomic E-state index is 12.9. The fraction of sp³-hybridized carbons (Fsp3) is 0.409. The minimum atomic E-state index is -0.544. The van der Waals surface area contributed by atoms with Crippen LogP contribution in [0.5, 0.6) is 0 Å². The van der Waals surface area contributed by atoms with Gasteiger partial charge in [-0.25, -0.2) is 0 Å². The highest BCUT2D eigenvalue weighted by atomic mass is 16.6. The highest BCUT2D eigenvalue weighted by molar-refractivity contribution is 5.81. The maximum Gasteiger partial charge on any atom is 0.254 e. The van der Waals surface area contributed by atoms with Gasteiger partial charge in [0.05, 0.1) is 6.61 Å². The summed E-state index contributed by atoms with van der Waals surface area (Å²) in [5, 5.41) is 4.11. The lowest BCUT2D eigenvalue weighted by Gasteiger charge is -2.38. The van der Waals surface area contributed by atoms with Crippen LogP contribution in [0, 0.1) is 0 Å². The molecule has 2 fully saturated rings. The molecule has 0 N–H and O–H groups in total. The summed E-state index contributed by atoms with van der Waals surface area (Å²) in [7, 11) is 0. The Morgan fingerprint density at radius 2 is 1.79 bits per heavy atom. The van der Waals surface area contributed by atoms with E-state index in [4.69, 9.17) is 14.0 Å². The Balaban J connectivity index is 1.18. The number of benzene rings is 1. The van der Waals surface area contributed by atoms with E-state index in [1.807, 2.05) is 59.5 Å². The third-order valence-corrected chi connectivity index (χ3v) is 5.70. The van der Waals surface area contributed by atoms with E-state index in [0.29, 0.717) is 31.4 Å². The number of carbonyl (C=O) groups is 1. The van der Waals surface area contributed by atoms with Crippen LogP contribution in [0.3, 0.4) is 0 Å². The predicted octanol–water partition coefficient (Wildman–Crippen LogP) is 2.72. The number of hydrogen-bond donors (Lipinski definition) is 0. The van der Waals surface area contributed by atoms with Crippen LogP contribution >= 0.6 is 0 Å². The van der Waals surface area contributed by atoms with Gasteiger partial charge in [0.15, 0.2) is 6.10 Å². The zero-order valence-electron chi connectivity index (χ0n) is 16.0. The zero-order chi connectivity index (χ0) is 19.6. The first-order chi connectivity index (χ1) is 14.3. The van der Waals surface area contributed by atoms with E-state index in [1.54, 1.807) is 0 Å². The minimum Gasteiger partial charge on any atom is -0.368 e. The number of fused-ring (bicyclic) bond motifs is 1. The van der Waals surface area contributed by atoms with Crippen molar-refractivity contribution >= 4 is 5.91 Å². The van der Waals surface area contributed by atoms with E-state index in [-0.39, 0.29) is 24.0 Å². The summed E-state index contributed by atoms with van der Waals surface area (Å²) in [6.45, 7) is 1.59. The van der Waals surface area contributed by atoms with E-state index in [2.05, 4.69) is 10.1 Å². The first-order valence-corrected chi connectivity index (χ1v) is 10.1. The van der Waals surface area contributed by atoms with Crippen LogP contribution in [0.15, 0.2) is 59.2 Å². The SMILES string of the molecule is O=C(C1COC2C=CC=CC2O1)N1CCC(c2nc(-c3ccccc3)no2)CC1. The highest BCUT2D eigenvalue weighted by Gasteiger charge is 2.37. The van der Waals surface area contributed by atoms with Gasteiger partial charge in [-0.15, -0.1) is 0 Å². The van der Waals surface area contributed by atoms with Crippen LogP contribution in [0.2, 0.25) is 0 Å². The number of aromatic nitrogens is 2.